The lowest BCUT2D eigenvalue weighted by molar-refractivity contribution is -0.154. The Kier molecular flexibility index (Phi) is 12.4. The molecule has 18 heteroatoms. The van der Waals surface area contributed by atoms with Gasteiger partial charge in [-0.2, -0.15) is 0 Å². The lowest BCUT2D eigenvalue weighted by Gasteiger charge is -2.19. The quantitative estimate of drug-likeness (QED) is 0.0839. The van der Waals surface area contributed by atoms with Crippen molar-refractivity contribution in [2.75, 3.05) is 22.5 Å². The smallest absolute Gasteiger partial charge is 0.352 e. The molecule has 0 fully saturated rings. The van der Waals surface area contributed by atoms with Gasteiger partial charge in [-0.15, -0.1) is 0 Å². The van der Waals surface area contributed by atoms with Crippen LogP contribution in [-0.2, 0) is 42.0 Å². The van der Waals surface area contributed by atoms with E-state index in [4.69, 9.17) is 4.74 Å². The van der Waals surface area contributed by atoms with E-state index >= 15 is 0 Å². The molecule has 4 amide bonds. The summed E-state index contributed by atoms with van der Waals surface area (Å²) in [6, 6.07) is 2.82. The van der Waals surface area contributed by atoms with Crippen LogP contribution >= 0.6 is 0 Å². The molecule has 0 radical (unpaired) electrons. The molecule has 18 nitrogen and oxygen atoms in total. The van der Waals surface area contributed by atoms with Crippen LogP contribution in [0.1, 0.15) is 95.1 Å². The molecule has 0 aliphatic rings. The number of aryl methyl sites for hydroxylation is 4. The van der Waals surface area contributed by atoms with Gasteiger partial charge in [-0.1, -0.05) is 6.42 Å². The van der Waals surface area contributed by atoms with E-state index in [-0.39, 0.29) is 53.5 Å². The van der Waals surface area contributed by atoms with Gasteiger partial charge >= 0.3 is 11.9 Å². The van der Waals surface area contributed by atoms with Crippen LogP contribution in [0.2, 0.25) is 0 Å². The molecule has 0 aliphatic carbocycles. The van der Waals surface area contributed by atoms with E-state index in [9.17, 15) is 33.9 Å². The Morgan fingerprint density at radius 1 is 0.769 bits per heavy atom. The van der Waals surface area contributed by atoms with Gasteiger partial charge in [-0.3, -0.25) is 24.0 Å². The van der Waals surface area contributed by atoms with E-state index < -0.39 is 35.2 Å². The molecule has 0 unspecified atom stereocenters. The zero-order valence-electron chi connectivity index (χ0n) is 30.0. The predicted molar refractivity (Wildman–Crippen MR) is 189 cm³/mol. The standard InChI is InChI=1S/C34H44N10O8/c1-34(2,3)52-27(46)10-8-7-9-14-44-15-13-35-28(44)31(48)37-21-16-23(41(4)18-21)30(47)36-12-11-26(45)39-25-20-43(6)29(40-25)32(49)38-22-17-24(33(50)51)42(5)19-22/h13,15-20H,7-12,14H2,1-6H3,(H,36,47)(H,37,48)(H,38,49)(H,39,45)(H,50,51). The number of unbranched alkanes of at least 4 members (excludes halogenated alkanes) is 2. The summed E-state index contributed by atoms with van der Waals surface area (Å²) in [5.74, 6) is -3.05. The molecule has 4 rings (SSSR count). The number of carbonyl (C=O) groups excluding carboxylic acids is 5. The highest BCUT2D eigenvalue weighted by Crippen LogP contribution is 2.17. The largest absolute Gasteiger partial charge is 0.477 e. The molecule has 4 heterocycles. The summed E-state index contributed by atoms with van der Waals surface area (Å²) in [6.45, 7) is 6.02. The third-order valence-electron chi connectivity index (χ3n) is 7.58. The molecule has 0 bridgehead atoms. The summed E-state index contributed by atoms with van der Waals surface area (Å²) in [6.07, 6.45) is 10.1. The van der Waals surface area contributed by atoms with E-state index in [2.05, 4.69) is 31.2 Å². The highest BCUT2D eigenvalue weighted by atomic mass is 16.6. The van der Waals surface area contributed by atoms with Crippen molar-refractivity contribution in [3.05, 3.63) is 66.2 Å². The summed E-state index contributed by atoms with van der Waals surface area (Å²) < 4.78 is 11.4. The fraction of sp³-hybridized carbons (Fsp3) is 0.412. The molecular formula is C34H44N10O8. The molecule has 0 aliphatic heterocycles. The summed E-state index contributed by atoms with van der Waals surface area (Å²) in [5, 5.41) is 19.8. The van der Waals surface area contributed by atoms with E-state index in [1.165, 1.54) is 46.9 Å². The van der Waals surface area contributed by atoms with Crippen molar-refractivity contribution < 1.29 is 38.6 Å². The number of hydrogen-bond donors (Lipinski definition) is 5. The number of aromatic carboxylic acids is 1. The summed E-state index contributed by atoms with van der Waals surface area (Å²) in [4.78, 5) is 82.7. The Balaban J connectivity index is 1.21. The zero-order valence-corrected chi connectivity index (χ0v) is 30.0. The molecule has 4 aromatic rings. The van der Waals surface area contributed by atoms with Crippen LogP contribution in [0, 0.1) is 0 Å². The van der Waals surface area contributed by atoms with Gasteiger partial charge < -0.3 is 49.4 Å². The minimum Gasteiger partial charge on any atom is -0.477 e. The van der Waals surface area contributed by atoms with Gasteiger partial charge in [0.2, 0.25) is 11.7 Å². The van der Waals surface area contributed by atoms with Crippen molar-refractivity contribution in [2.45, 2.75) is 65.0 Å². The topological polar surface area (TPSA) is 226 Å². The molecule has 278 valence electrons. The second-order valence-electron chi connectivity index (χ2n) is 13.1. The van der Waals surface area contributed by atoms with Gasteiger partial charge in [-0.25, -0.2) is 14.8 Å². The Morgan fingerprint density at radius 2 is 1.40 bits per heavy atom. The van der Waals surface area contributed by atoms with Crippen molar-refractivity contribution in [2.24, 2.45) is 21.1 Å². The number of nitrogens with zero attached hydrogens (tertiary/aromatic N) is 6. The first-order chi connectivity index (χ1) is 24.5. The second kappa shape index (κ2) is 16.7. The first-order valence-electron chi connectivity index (χ1n) is 16.5. The summed E-state index contributed by atoms with van der Waals surface area (Å²) in [5.41, 5.74) is 0.377. The molecule has 0 atom stereocenters. The SMILES string of the molecule is Cn1cc(NC(=O)c2nc(NC(=O)CCNC(=O)c3cc(NC(=O)c4nccn4CCCCCC(=O)OC(C)(C)C)cn3C)cn2C)cc1C(=O)O. The number of carboxylic acid groups (broad SMARTS) is 1. The van der Waals surface area contributed by atoms with Gasteiger partial charge in [-0.05, 0) is 45.7 Å². The second-order valence-corrected chi connectivity index (χ2v) is 13.1. The van der Waals surface area contributed by atoms with Gasteiger partial charge in [0.15, 0.2) is 11.6 Å². The Morgan fingerprint density at radius 3 is 2.04 bits per heavy atom. The highest BCUT2D eigenvalue weighted by molar-refractivity contribution is 6.04. The summed E-state index contributed by atoms with van der Waals surface area (Å²) >= 11 is 0. The van der Waals surface area contributed by atoms with Crippen molar-refractivity contribution in [1.29, 1.82) is 0 Å². The molecule has 52 heavy (non-hydrogen) atoms. The highest BCUT2D eigenvalue weighted by Gasteiger charge is 2.20. The van der Waals surface area contributed by atoms with Crippen LogP contribution in [0.25, 0.3) is 0 Å². The third kappa shape index (κ3) is 10.6. The maximum absolute atomic E-state index is 13.0. The average Bonchev–Trinajstić information content (AvgIpc) is 3.82. The Bertz CT molecular complexity index is 1960. The van der Waals surface area contributed by atoms with Crippen LogP contribution in [0.15, 0.2) is 43.1 Å². The van der Waals surface area contributed by atoms with Crippen molar-refractivity contribution in [3.8, 4) is 0 Å². The number of aromatic nitrogens is 6. The molecular weight excluding hydrogens is 676 g/mol. The number of anilines is 3. The van der Waals surface area contributed by atoms with Crippen LogP contribution < -0.4 is 21.3 Å². The fourth-order valence-electron chi connectivity index (χ4n) is 5.22. The Hall–Kier alpha value is -6.20. The minimum atomic E-state index is -1.14. The minimum absolute atomic E-state index is 0.00710. The molecule has 0 aromatic carbocycles. The molecule has 0 saturated heterocycles. The normalized spacial score (nSPS) is 11.2. The van der Waals surface area contributed by atoms with Gasteiger partial charge in [0.1, 0.15) is 17.0 Å². The number of rotatable bonds is 16. The van der Waals surface area contributed by atoms with Crippen molar-refractivity contribution >= 4 is 52.8 Å². The number of carboxylic acids is 1. The number of nitrogens with one attached hydrogen (secondary N) is 4. The number of ether oxygens (including phenoxy) is 1. The number of amides is 4. The monoisotopic (exact) mass is 720 g/mol. The van der Waals surface area contributed by atoms with E-state index in [0.29, 0.717) is 25.1 Å². The summed E-state index contributed by atoms with van der Waals surface area (Å²) in [7, 11) is 4.75. The van der Waals surface area contributed by atoms with E-state index in [1.807, 2.05) is 20.8 Å². The number of carbonyl (C=O) groups is 6. The molecule has 4 aromatic heterocycles. The lowest BCUT2D eigenvalue weighted by Crippen LogP contribution is -2.29. The Labute approximate surface area is 299 Å². The van der Waals surface area contributed by atoms with Gasteiger partial charge in [0, 0.05) is 78.1 Å². The number of esters is 1. The zero-order chi connectivity index (χ0) is 38.2. The van der Waals surface area contributed by atoms with Crippen LogP contribution in [0.3, 0.4) is 0 Å². The fourth-order valence-corrected chi connectivity index (χ4v) is 5.22. The molecule has 5 N–H and O–H groups in total. The van der Waals surface area contributed by atoms with Crippen LogP contribution in [0.5, 0.6) is 0 Å². The van der Waals surface area contributed by atoms with E-state index in [0.717, 1.165) is 12.8 Å². The molecule has 0 saturated carbocycles. The van der Waals surface area contributed by atoms with Crippen LogP contribution in [0.4, 0.5) is 17.2 Å². The van der Waals surface area contributed by atoms with Gasteiger partial charge in [0.05, 0.1) is 11.4 Å². The van der Waals surface area contributed by atoms with E-state index in [1.54, 1.807) is 35.6 Å². The maximum atomic E-state index is 13.0. The first kappa shape index (κ1) is 38.6. The van der Waals surface area contributed by atoms with Crippen molar-refractivity contribution in [3.63, 3.8) is 0 Å². The maximum Gasteiger partial charge on any atom is 0.352 e. The third-order valence-corrected chi connectivity index (χ3v) is 7.58. The van der Waals surface area contributed by atoms with Crippen molar-refractivity contribution in [1.82, 2.24) is 33.6 Å². The lowest BCUT2D eigenvalue weighted by atomic mass is 10.1. The van der Waals surface area contributed by atoms with Gasteiger partial charge in [0.25, 0.3) is 17.7 Å². The molecule has 0 spiro atoms. The number of imidazole rings is 2. The van der Waals surface area contributed by atoms with Crippen LogP contribution in [-0.4, -0.2) is 81.1 Å². The first-order valence-corrected chi connectivity index (χ1v) is 16.5. The number of hydrogen-bond acceptors (Lipinski definition) is 9. The average molecular weight is 721 g/mol. The predicted octanol–water partition coefficient (Wildman–Crippen LogP) is 3.16.